The molecule has 102 valence electrons. The molecule has 1 N–H and O–H groups in total. The Labute approximate surface area is 116 Å². The molecule has 5 nitrogen and oxygen atoms in total. The zero-order chi connectivity index (χ0) is 14.0. The molecule has 0 atom stereocenters. The minimum absolute atomic E-state index is 0.0160. The summed E-state index contributed by atoms with van der Waals surface area (Å²) in [5, 5.41) is 9.39. The Morgan fingerprint density at radius 2 is 2.21 bits per heavy atom. The highest BCUT2D eigenvalue weighted by molar-refractivity contribution is 7.09. The number of nitrogens with one attached hydrogen (secondary N) is 1. The van der Waals surface area contributed by atoms with E-state index in [1.54, 1.807) is 11.3 Å². The summed E-state index contributed by atoms with van der Waals surface area (Å²) in [7, 11) is 0. The molecule has 0 aliphatic rings. The number of aromatic nitrogens is 2. The molecule has 0 aromatic carbocycles. The molecule has 2 aromatic rings. The van der Waals surface area contributed by atoms with E-state index in [-0.39, 0.29) is 17.7 Å². The van der Waals surface area contributed by atoms with Crippen LogP contribution in [0.1, 0.15) is 37.0 Å². The van der Waals surface area contributed by atoms with E-state index >= 15 is 0 Å². The van der Waals surface area contributed by atoms with Crippen LogP contribution < -0.4 is 5.32 Å². The number of hydrogen-bond acceptors (Lipinski definition) is 5. The van der Waals surface area contributed by atoms with Crippen molar-refractivity contribution in [2.24, 2.45) is 0 Å². The third-order valence-electron chi connectivity index (χ3n) is 2.54. The third-order valence-corrected chi connectivity index (χ3v) is 3.86. The fourth-order valence-corrected chi connectivity index (χ4v) is 2.39. The molecule has 0 spiro atoms. The first-order valence-electron chi connectivity index (χ1n) is 6.02. The van der Waals surface area contributed by atoms with Crippen LogP contribution in [-0.4, -0.2) is 16.0 Å². The molecule has 2 heterocycles. The Hall–Kier alpha value is -1.69. The van der Waals surface area contributed by atoms with Crippen LogP contribution in [0.15, 0.2) is 16.2 Å². The topological polar surface area (TPSA) is 68.0 Å². The molecule has 0 bridgehead atoms. The molecule has 0 fully saturated rings. The third kappa shape index (κ3) is 3.41. The van der Waals surface area contributed by atoms with E-state index < -0.39 is 0 Å². The lowest BCUT2D eigenvalue weighted by Gasteiger charge is -2.13. The summed E-state index contributed by atoms with van der Waals surface area (Å²) < 4.78 is 4.77. The van der Waals surface area contributed by atoms with Gasteiger partial charge in [0.2, 0.25) is 5.91 Å². The van der Waals surface area contributed by atoms with Crippen LogP contribution >= 0.6 is 11.3 Å². The van der Waals surface area contributed by atoms with Crippen LogP contribution in [0.4, 0.5) is 5.82 Å². The first kappa shape index (κ1) is 13.7. The van der Waals surface area contributed by atoms with Crippen LogP contribution in [0.5, 0.6) is 0 Å². The summed E-state index contributed by atoms with van der Waals surface area (Å²) in [6.45, 7) is 8.14. The van der Waals surface area contributed by atoms with E-state index in [0.29, 0.717) is 5.82 Å². The highest BCUT2D eigenvalue weighted by Crippen LogP contribution is 2.25. The van der Waals surface area contributed by atoms with Gasteiger partial charge in [0, 0.05) is 16.4 Å². The Kier molecular flexibility index (Phi) is 3.71. The van der Waals surface area contributed by atoms with E-state index in [9.17, 15) is 4.79 Å². The van der Waals surface area contributed by atoms with Crippen LogP contribution in [0.3, 0.4) is 0 Å². The Morgan fingerprint density at radius 3 is 2.74 bits per heavy atom. The molecule has 0 saturated heterocycles. The predicted molar refractivity (Wildman–Crippen MR) is 74.4 cm³/mol. The van der Waals surface area contributed by atoms with Crippen molar-refractivity contribution in [3.8, 4) is 0 Å². The highest BCUT2D eigenvalue weighted by atomic mass is 32.1. The maximum absolute atomic E-state index is 11.9. The average molecular weight is 279 g/mol. The summed E-state index contributed by atoms with van der Waals surface area (Å²) >= 11 is 1.58. The number of thiazole rings is 1. The smallest absolute Gasteiger partial charge is 0.231 e. The van der Waals surface area contributed by atoms with Gasteiger partial charge in [0.05, 0.1) is 17.1 Å². The summed E-state index contributed by atoms with van der Waals surface area (Å²) in [4.78, 5) is 16.3. The monoisotopic (exact) mass is 279 g/mol. The van der Waals surface area contributed by atoms with E-state index in [1.165, 1.54) is 6.26 Å². The lowest BCUT2D eigenvalue weighted by molar-refractivity contribution is -0.115. The van der Waals surface area contributed by atoms with Crippen molar-refractivity contribution >= 4 is 23.1 Å². The van der Waals surface area contributed by atoms with Gasteiger partial charge >= 0.3 is 0 Å². The van der Waals surface area contributed by atoms with E-state index in [1.807, 2.05) is 12.3 Å². The zero-order valence-corrected chi connectivity index (χ0v) is 12.3. The second-order valence-corrected chi connectivity index (χ2v) is 6.32. The fourth-order valence-electron chi connectivity index (χ4n) is 1.48. The maximum Gasteiger partial charge on any atom is 0.231 e. The van der Waals surface area contributed by atoms with Crippen LogP contribution in [0, 0.1) is 6.92 Å². The highest BCUT2D eigenvalue weighted by Gasteiger charge is 2.19. The largest absolute Gasteiger partial charge is 0.362 e. The number of anilines is 1. The number of aryl methyl sites for hydroxylation is 1. The number of hydrogen-bond donors (Lipinski definition) is 1. The van der Waals surface area contributed by atoms with Gasteiger partial charge in [-0.1, -0.05) is 25.9 Å². The molecule has 0 aliphatic heterocycles. The summed E-state index contributed by atoms with van der Waals surface area (Å²) in [5.74, 6) is 0.332. The lowest BCUT2D eigenvalue weighted by Crippen LogP contribution is -2.16. The number of amides is 1. The molecule has 19 heavy (non-hydrogen) atoms. The quantitative estimate of drug-likeness (QED) is 0.938. The van der Waals surface area contributed by atoms with Crippen molar-refractivity contribution in [3.63, 3.8) is 0 Å². The van der Waals surface area contributed by atoms with E-state index in [0.717, 1.165) is 16.3 Å². The number of nitrogens with zero attached hydrogens (tertiary/aromatic N) is 2. The molecular formula is C13H17N3O2S. The van der Waals surface area contributed by atoms with Crippen LogP contribution in [0.2, 0.25) is 0 Å². The minimum Gasteiger partial charge on any atom is -0.362 e. The number of carbonyl (C=O) groups excluding carboxylic acids is 1. The summed E-state index contributed by atoms with van der Waals surface area (Å²) in [6, 6.07) is 0. The van der Waals surface area contributed by atoms with Gasteiger partial charge in [0.15, 0.2) is 5.82 Å². The first-order valence-corrected chi connectivity index (χ1v) is 6.90. The van der Waals surface area contributed by atoms with Crippen molar-refractivity contribution in [1.29, 1.82) is 0 Å². The second kappa shape index (κ2) is 5.13. The van der Waals surface area contributed by atoms with Gasteiger partial charge in [-0.3, -0.25) is 4.79 Å². The normalized spacial score (nSPS) is 11.6. The van der Waals surface area contributed by atoms with Crippen molar-refractivity contribution in [2.45, 2.75) is 39.5 Å². The van der Waals surface area contributed by atoms with Crippen molar-refractivity contribution < 1.29 is 9.32 Å². The average Bonchev–Trinajstić information content (AvgIpc) is 2.88. The van der Waals surface area contributed by atoms with Gasteiger partial charge < -0.3 is 9.84 Å². The van der Waals surface area contributed by atoms with Crippen LogP contribution in [-0.2, 0) is 16.6 Å². The summed E-state index contributed by atoms with van der Waals surface area (Å²) in [5.41, 5.74) is 1.61. The Balaban J connectivity index is 2.00. The van der Waals surface area contributed by atoms with Crippen LogP contribution in [0.25, 0.3) is 0 Å². The molecule has 0 radical (unpaired) electrons. The molecule has 6 heteroatoms. The molecule has 1 amide bonds. The fraction of sp³-hybridized carbons (Fsp3) is 0.462. The van der Waals surface area contributed by atoms with Gasteiger partial charge in [-0.05, 0) is 6.92 Å². The van der Waals surface area contributed by atoms with Crippen molar-refractivity contribution in [1.82, 2.24) is 10.1 Å². The first-order chi connectivity index (χ1) is 8.86. The molecule has 2 rings (SSSR count). The minimum atomic E-state index is -0.136. The van der Waals surface area contributed by atoms with E-state index in [2.05, 4.69) is 36.2 Å². The number of rotatable bonds is 3. The number of carbonyl (C=O) groups is 1. The van der Waals surface area contributed by atoms with Gasteiger partial charge in [-0.15, -0.1) is 11.3 Å². The lowest BCUT2D eigenvalue weighted by atomic mass is 9.98. The maximum atomic E-state index is 11.9. The van der Waals surface area contributed by atoms with Gasteiger partial charge in [0.25, 0.3) is 0 Å². The SMILES string of the molecule is Cc1conc1NC(=O)Cc1csc(C(C)(C)C)n1. The van der Waals surface area contributed by atoms with Gasteiger partial charge in [-0.2, -0.15) is 0 Å². The molecule has 0 saturated carbocycles. The zero-order valence-electron chi connectivity index (χ0n) is 11.5. The van der Waals surface area contributed by atoms with Crippen molar-refractivity contribution in [2.75, 3.05) is 5.32 Å². The standard InChI is InChI=1S/C13H17N3O2S/c1-8-6-18-16-11(8)15-10(17)5-9-7-19-12(14-9)13(2,3)4/h6-7H,5H2,1-4H3,(H,15,16,17). The summed E-state index contributed by atoms with van der Waals surface area (Å²) in [6.07, 6.45) is 1.75. The molecular weight excluding hydrogens is 262 g/mol. The molecule has 0 aliphatic carbocycles. The molecule has 0 unspecified atom stereocenters. The predicted octanol–water partition coefficient (Wildman–Crippen LogP) is 2.92. The second-order valence-electron chi connectivity index (χ2n) is 5.47. The van der Waals surface area contributed by atoms with E-state index in [4.69, 9.17) is 4.52 Å². The van der Waals surface area contributed by atoms with Gasteiger partial charge in [0.1, 0.15) is 6.26 Å². The van der Waals surface area contributed by atoms with Crippen molar-refractivity contribution in [3.05, 3.63) is 27.9 Å². The van der Waals surface area contributed by atoms with Gasteiger partial charge in [-0.25, -0.2) is 4.98 Å². The molecule has 2 aromatic heterocycles. The Morgan fingerprint density at radius 1 is 1.47 bits per heavy atom. The Bertz CT molecular complexity index is 581.